The van der Waals surface area contributed by atoms with Crippen molar-refractivity contribution in [3.63, 3.8) is 0 Å². The summed E-state index contributed by atoms with van der Waals surface area (Å²) in [6, 6.07) is 2.93. The second-order valence-corrected chi connectivity index (χ2v) is 7.50. The van der Waals surface area contributed by atoms with E-state index in [2.05, 4.69) is 10.2 Å². The Kier molecular flexibility index (Phi) is 5.96. The van der Waals surface area contributed by atoms with Crippen molar-refractivity contribution in [3.8, 4) is 5.75 Å². The van der Waals surface area contributed by atoms with Gasteiger partial charge in [-0.25, -0.2) is 0 Å². The van der Waals surface area contributed by atoms with E-state index in [1.54, 1.807) is 12.2 Å². The highest BCUT2D eigenvalue weighted by atomic mass is 16.5. The van der Waals surface area contributed by atoms with Crippen LogP contribution in [-0.4, -0.2) is 66.9 Å². The molecular weight excluding hydrogens is 388 g/mol. The number of hydrogen-bond acceptors (Lipinski definition) is 7. The molecular formula is C22H24N2O6. The van der Waals surface area contributed by atoms with Crippen LogP contribution >= 0.6 is 0 Å². The minimum Gasteiger partial charge on any atom is -0.507 e. The Morgan fingerprint density at radius 1 is 1.23 bits per heavy atom. The molecule has 1 aliphatic carbocycles. The molecule has 2 N–H and O–H groups in total. The fourth-order valence-corrected chi connectivity index (χ4v) is 3.79. The largest absolute Gasteiger partial charge is 0.507 e. The highest BCUT2D eigenvalue weighted by Gasteiger charge is 2.33. The summed E-state index contributed by atoms with van der Waals surface area (Å²) in [5, 5.41) is 13.1. The van der Waals surface area contributed by atoms with Gasteiger partial charge in [-0.05, 0) is 30.2 Å². The number of carbonyl (C=O) groups is 3. The van der Waals surface area contributed by atoms with Crippen molar-refractivity contribution in [2.45, 2.75) is 12.8 Å². The van der Waals surface area contributed by atoms with Crippen molar-refractivity contribution in [3.05, 3.63) is 47.2 Å². The lowest BCUT2D eigenvalue weighted by atomic mass is 9.88. The molecule has 1 saturated heterocycles. The summed E-state index contributed by atoms with van der Waals surface area (Å²) in [6.07, 6.45) is 5.50. The van der Waals surface area contributed by atoms with Gasteiger partial charge in [-0.3, -0.25) is 19.3 Å². The SMILES string of the molecule is O=C1CCc2cc(O)c(C(=O)C3C=CC=C(OCCN4CCOCC4)C3=O)cc2N1. The number of aromatic hydroxyl groups is 1. The van der Waals surface area contributed by atoms with Gasteiger partial charge < -0.3 is 19.9 Å². The first-order valence-corrected chi connectivity index (χ1v) is 10.1. The summed E-state index contributed by atoms with van der Waals surface area (Å²) in [5.41, 5.74) is 1.27. The van der Waals surface area contributed by atoms with Gasteiger partial charge in [0.05, 0.1) is 18.8 Å². The second kappa shape index (κ2) is 8.81. The Balaban J connectivity index is 1.43. The maximum atomic E-state index is 13.0. The minimum absolute atomic E-state index is 0.00789. The number of nitrogens with zero attached hydrogens (tertiary/aromatic N) is 1. The van der Waals surface area contributed by atoms with Crippen LogP contribution in [0.4, 0.5) is 5.69 Å². The number of benzene rings is 1. The number of carbonyl (C=O) groups excluding carboxylic acids is 3. The van der Waals surface area contributed by atoms with Gasteiger partial charge in [-0.2, -0.15) is 0 Å². The fraction of sp³-hybridized carbons (Fsp3) is 0.409. The molecule has 8 heteroatoms. The lowest BCUT2D eigenvalue weighted by Gasteiger charge is -2.26. The summed E-state index contributed by atoms with van der Waals surface area (Å²) in [7, 11) is 0. The van der Waals surface area contributed by atoms with E-state index in [-0.39, 0.29) is 23.0 Å². The maximum Gasteiger partial charge on any atom is 0.224 e. The second-order valence-electron chi connectivity index (χ2n) is 7.50. The third kappa shape index (κ3) is 4.29. The van der Waals surface area contributed by atoms with Crippen LogP contribution in [0.5, 0.6) is 5.75 Å². The number of phenolic OH excluding ortho intramolecular Hbond substituents is 1. The van der Waals surface area contributed by atoms with Gasteiger partial charge in [-0.1, -0.05) is 12.2 Å². The lowest BCUT2D eigenvalue weighted by Crippen LogP contribution is -2.38. The molecule has 0 spiro atoms. The Labute approximate surface area is 174 Å². The molecule has 1 unspecified atom stereocenters. The first-order chi connectivity index (χ1) is 14.5. The van der Waals surface area contributed by atoms with Crippen LogP contribution in [0, 0.1) is 5.92 Å². The van der Waals surface area contributed by atoms with Crippen molar-refractivity contribution in [2.75, 3.05) is 44.8 Å². The van der Waals surface area contributed by atoms with Gasteiger partial charge >= 0.3 is 0 Å². The molecule has 1 amide bonds. The van der Waals surface area contributed by atoms with Gasteiger partial charge in [0.25, 0.3) is 0 Å². The van der Waals surface area contributed by atoms with E-state index in [4.69, 9.17) is 9.47 Å². The molecule has 8 nitrogen and oxygen atoms in total. The van der Waals surface area contributed by atoms with Gasteiger partial charge in [0.1, 0.15) is 18.3 Å². The third-order valence-corrected chi connectivity index (χ3v) is 5.51. The van der Waals surface area contributed by atoms with Crippen molar-refractivity contribution in [1.29, 1.82) is 0 Å². The Hall–Kier alpha value is -2.97. The number of hydrogen-bond donors (Lipinski definition) is 2. The molecule has 0 saturated carbocycles. The van der Waals surface area contributed by atoms with E-state index in [0.29, 0.717) is 44.9 Å². The predicted molar refractivity (Wildman–Crippen MR) is 108 cm³/mol. The van der Waals surface area contributed by atoms with E-state index in [1.165, 1.54) is 18.2 Å². The zero-order chi connectivity index (χ0) is 21.1. The average molecular weight is 412 g/mol. The molecule has 2 heterocycles. The number of nitrogens with one attached hydrogen (secondary N) is 1. The zero-order valence-electron chi connectivity index (χ0n) is 16.6. The highest BCUT2D eigenvalue weighted by molar-refractivity contribution is 6.18. The molecule has 30 heavy (non-hydrogen) atoms. The van der Waals surface area contributed by atoms with E-state index < -0.39 is 17.5 Å². The Morgan fingerprint density at radius 2 is 2.03 bits per heavy atom. The number of phenols is 1. The number of fused-ring (bicyclic) bond motifs is 1. The number of allylic oxidation sites excluding steroid dienone is 4. The number of morpholine rings is 1. The quantitative estimate of drug-likeness (QED) is 0.414. The smallest absolute Gasteiger partial charge is 0.224 e. The van der Waals surface area contributed by atoms with Crippen molar-refractivity contribution >= 4 is 23.2 Å². The number of Topliss-reactive ketones (excluding diaryl/α,β-unsaturated/α-hetero) is 2. The Bertz CT molecular complexity index is 930. The van der Waals surface area contributed by atoms with Crippen LogP contribution in [0.3, 0.4) is 0 Å². The predicted octanol–water partition coefficient (Wildman–Crippen LogP) is 1.45. The summed E-state index contributed by atoms with van der Waals surface area (Å²) >= 11 is 0. The number of aryl methyl sites for hydroxylation is 1. The van der Waals surface area contributed by atoms with Crippen molar-refractivity contribution in [2.24, 2.45) is 5.92 Å². The lowest BCUT2D eigenvalue weighted by molar-refractivity contribution is -0.120. The summed E-state index contributed by atoms with van der Waals surface area (Å²) in [4.78, 5) is 39.7. The van der Waals surface area contributed by atoms with E-state index in [9.17, 15) is 19.5 Å². The van der Waals surface area contributed by atoms with E-state index in [0.717, 1.165) is 18.7 Å². The zero-order valence-corrected chi connectivity index (χ0v) is 16.6. The number of amides is 1. The van der Waals surface area contributed by atoms with Crippen LogP contribution in [0.15, 0.2) is 36.1 Å². The molecule has 1 aromatic carbocycles. The molecule has 1 fully saturated rings. The van der Waals surface area contributed by atoms with Crippen LogP contribution in [0.1, 0.15) is 22.3 Å². The topological polar surface area (TPSA) is 105 Å². The molecule has 2 aliphatic heterocycles. The van der Waals surface area contributed by atoms with Crippen molar-refractivity contribution in [1.82, 2.24) is 4.90 Å². The van der Waals surface area contributed by atoms with Gasteiger partial charge in [0.15, 0.2) is 11.5 Å². The van der Waals surface area contributed by atoms with Crippen molar-refractivity contribution < 1.29 is 29.0 Å². The average Bonchev–Trinajstić information content (AvgIpc) is 2.75. The van der Waals surface area contributed by atoms with Crippen LogP contribution in [0.25, 0.3) is 0 Å². The number of ether oxygens (including phenoxy) is 2. The standard InChI is InChI=1S/C22H24N2O6/c25-18-12-14-4-5-20(26)23-17(14)13-16(18)21(27)15-2-1-3-19(22(15)28)30-11-8-24-6-9-29-10-7-24/h1-3,12-13,15,25H,4-11H2,(H,23,26). The minimum atomic E-state index is -1.07. The van der Waals surface area contributed by atoms with Crippen LogP contribution in [-0.2, 0) is 25.5 Å². The van der Waals surface area contributed by atoms with Crippen LogP contribution in [0.2, 0.25) is 0 Å². The molecule has 0 radical (unpaired) electrons. The third-order valence-electron chi connectivity index (χ3n) is 5.51. The molecule has 3 aliphatic rings. The van der Waals surface area contributed by atoms with Gasteiger partial charge in [0.2, 0.25) is 11.7 Å². The number of ketones is 2. The van der Waals surface area contributed by atoms with Gasteiger partial charge in [-0.15, -0.1) is 0 Å². The fourth-order valence-electron chi connectivity index (χ4n) is 3.79. The molecule has 0 bridgehead atoms. The van der Waals surface area contributed by atoms with E-state index in [1.807, 2.05) is 0 Å². The highest BCUT2D eigenvalue weighted by Crippen LogP contribution is 2.32. The first kappa shape index (κ1) is 20.3. The first-order valence-electron chi connectivity index (χ1n) is 10.1. The summed E-state index contributed by atoms with van der Waals surface area (Å²) in [6.45, 7) is 4.03. The molecule has 1 atom stereocenters. The molecule has 0 aromatic heterocycles. The number of anilines is 1. The molecule has 4 rings (SSSR count). The van der Waals surface area contributed by atoms with Crippen LogP contribution < -0.4 is 5.32 Å². The van der Waals surface area contributed by atoms with E-state index >= 15 is 0 Å². The monoisotopic (exact) mass is 412 g/mol. The van der Waals surface area contributed by atoms with Gasteiger partial charge in [0, 0.05) is 31.7 Å². The maximum absolute atomic E-state index is 13.0. The molecule has 158 valence electrons. The molecule has 1 aromatic rings. The normalized spacial score (nSPS) is 21.6. The summed E-state index contributed by atoms with van der Waals surface area (Å²) in [5.74, 6) is -2.24. The number of rotatable bonds is 6. The Morgan fingerprint density at radius 3 is 2.83 bits per heavy atom. The summed E-state index contributed by atoms with van der Waals surface area (Å²) < 4.78 is 11.0.